The number of hydrogen-bond acceptors (Lipinski definition) is 3. The summed E-state index contributed by atoms with van der Waals surface area (Å²) in [6.07, 6.45) is 7.83. The molecular weight excluding hydrogens is 246 g/mol. The van der Waals surface area contributed by atoms with E-state index in [1.165, 1.54) is 32.1 Å². The fraction of sp³-hybridized carbons (Fsp3) is 0.706. The summed E-state index contributed by atoms with van der Waals surface area (Å²) in [7, 11) is 2.20. The van der Waals surface area contributed by atoms with Crippen molar-refractivity contribution in [2.45, 2.75) is 58.4 Å². The first-order valence-corrected chi connectivity index (χ1v) is 8.18. The number of aromatic nitrogens is 1. The van der Waals surface area contributed by atoms with Gasteiger partial charge in [-0.05, 0) is 50.2 Å². The summed E-state index contributed by atoms with van der Waals surface area (Å²) in [5.74, 6) is 3.05. The molecule has 1 aromatic heterocycles. The Hall–Kier alpha value is -1.25. The van der Waals surface area contributed by atoms with E-state index in [1.807, 2.05) is 0 Å². The molecule has 0 unspecified atom stereocenters. The van der Waals surface area contributed by atoms with Gasteiger partial charge in [-0.3, -0.25) is 0 Å². The van der Waals surface area contributed by atoms with Crippen LogP contribution in [0.15, 0.2) is 18.2 Å². The summed E-state index contributed by atoms with van der Waals surface area (Å²) < 4.78 is 0. The molecule has 0 radical (unpaired) electrons. The van der Waals surface area contributed by atoms with Crippen LogP contribution in [0.25, 0.3) is 0 Å². The van der Waals surface area contributed by atoms with Crippen molar-refractivity contribution in [1.29, 1.82) is 0 Å². The fourth-order valence-corrected chi connectivity index (χ4v) is 3.10. The van der Waals surface area contributed by atoms with Gasteiger partial charge in [-0.15, -0.1) is 0 Å². The third-order valence-corrected chi connectivity index (χ3v) is 4.59. The fourth-order valence-electron chi connectivity index (χ4n) is 3.10. The van der Waals surface area contributed by atoms with Gasteiger partial charge in [0.1, 0.15) is 11.6 Å². The molecule has 1 heterocycles. The Morgan fingerprint density at radius 1 is 1.20 bits per heavy atom. The summed E-state index contributed by atoms with van der Waals surface area (Å²) >= 11 is 0. The highest BCUT2D eigenvalue weighted by molar-refractivity contribution is 5.47. The van der Waals surface area contributed by atoms with Crippen LogP contribution < -0.4 is 10.2 Å². The molecule has 3 heteroatoms. The van der Waals surface area contributed by atoms with E-state index >= 15 is 0 Å². The zero-order valence-corrected chi connectivity index (χ0v) is 13.2. The van der Waals surface area contributed by atoms with Crippen molar-refractivity contribution in [3.8, 4) is 0 Å². The van der Waals surface area contributed by atoms with Gasteiger partial charge in [-0.2, -0.15) is 0 Å². The minimum absolute atomic E-state index is 0.659. The average Bonchev–Trinajstić information content (AvgIpc) is 2.52. The number of pyridine rings is 1. The van der Waals surface area contributed by atoms with E-state index in [0.29, 0.717) is 6.04 Å². The van der Waals surface area contributed by atoms with E-state index in [2.05, 4.69) is 49.3 Å². The molecule has 20 heavy (non-hydrogen) atoms. The monoisotopic (exact) mass is 275 g/mol. The van der Waals surface area contributed by atoms with Gasteiger partial charge in [-0.25, -0.2) is 4.98 Å². The molecule has 1 fully saturated rings. The summed E-state index contributed by atoms with van der Waals surface area (Å²) in [4.78, 5) is 7.12. The highest BCUT2D eigenvalue weighted by atomic mass is 15.2. The molecule has 0 aliphatic heterocycles. The molecule has 0 bridgehead atoms. The molecule has 112 valence electrons. The molecule has 0 aromatic carbocycles. The lowest BCUT2D eigenvalue weighted by Gasteiger charge is -2.35. The van der Waals surface area contributed by atoms with E-state index in [-0.39, 0.29) is 0 Å². The Kier molecular flexibility index (Phi) is 5.69. The van der Waals surface area contributed by atoms with Crippen LogP contribution in [0.4, 0.5) is 11.6 Å². The van der Waals surface area contributed by atoms with Crippen molar-refractivity contribution < 1.29 is 0 Å². The minimum atomic E-state index is 0.659. The van der Waals surface area contributed by atoms with Crippen molar-refractivity contribution in [3.05, 3.63) is 18.2 Å². The van der Waals surface area contributed by atoms with Crippen molar-refractivity contribution in [2.24, 2.45) is 5.92 Å². The first kappa shape index (κ1) is 15.1. The zero-order valence-electron chi connectivity index (χ0n) is 13.2. The van der Waals surface area contributed by atoms with E-state index in [1.54, 1.807) is 0 Å². The van der Waals surface area contributed by atoms with Crippen molar-refractivity contribution in [1.82, 2.24) is 4.98 Å². The second-order valence-electron chi connectivity index (χ2n) is 6.00. The van der Waals surface area contributed by atoms with E-state index in [0.717, 1.165) is 30.5 Å². The number of rotatable bonds is 6. The zero-order chi connectivity index (χ0) is 14.4. The lowest BCUT2D eigenvalue weighted by molar-refractivity contribution is 0.313. The average molecular weight is 275 g/mol. The molecule has 1 aromatic rings. The minimum Gasteiger partial charge on any atom is -0.370 e. The predicted molar refractivity (Wildman–Crippen MR) is 87.5 cm³/mol. The molecule has 1 aliphatic rings. The van der Waals surface area contributed by atoms with Crippen LogP contribution in [0, 0.1) is 5.92 Å². The maximum Gasteiger partial charge on any atom is 0.130 e. The normalized spacial score (nSPS) is 22.6. The molecule has 1 saturated carbocycles. The Balaban J connectivity index is 1.96. The SMILES string of the molecule is CCCNc1cccc(N(C)C2CCC(CC)CC2)n1. The van der Waals surface area contributed by atoms with Gasteiger partial charge in [0.05, 0.1) is 0 Å². The Morgan fingerprint density at radius 2 is 1.95 bits per heavy atom. The molecule has 3 nitrogen and oxygen atoms in total. The van der Waals surface area contributed by atoms with Crippen molar-refractivity contribution >= 4 is 11.6 Å². The maximum atomic E-state index is 4.74. The molecular formula is C17H29N3. The van der Waals surface area contributed by atoms with Crippen LogP contribution in [0.2, 0.25) is 0 Å². The first-order valence-electron chi connectivity index (χ1n) is 8.18. The molecule has 0 saturated heterocycles. The van der Waals surface area contributed by atoms with Crippen LogP contribution in [-0.4, -0.2) is 24.6 Å². The highest BCUT2D eigenvalue weighted by Gasteiger charge is 2.23. The quantitative estimate of drug-likeness (QED) is 0.838. The third kappa shape index (κ3) is 3.87. The van der Waals surface area contributed by atoms with Gasteiger partial charge in [0.25, 0.3) is 0 Å². The smallest absolute Gasteiger partial charge is 0.130 e. The Bertz CT molecular complexity index is 397. The van der Waals surface area contributed by atoms with Crippen LogP contribution in [0.1, 0.15) is 52.4 Å². The molecule has 1 aliphatic carbocycles. The van der Waals surface area contributed by atoms with Gasteiger partial charge in [0.15, 0.2) is 0 Å². The van der Waals surface area contributed by atoms with Crippen LogP contribution in [0.3, 0.4) is 0 Å². The Labute approximate surface area is 123 Å². The van der Waals surface area contributed by atoms with E-state index < -0.39 is 0 Å². The summed E-state index contributed by atoms with van der Waals surface area (Å²) in [5.41, 5.74) is 0. The second kappa shape index (κ2) is 7.51. The Morgan fingerprint density at radius 3 is 2.60 bits per heavy atom. The number of nitrogens with zero attached hydrogens (tertiary/aromatic N) is 2. The predicted octanol–water partition coefficient (Wildman–Crippen LogP) is 4.31. The first-order chi connectivity index (χ1) is 9.74. The maximum absolute atomic E-state index is 4.74. The van der Waals surface area contributed by atoms with Crippen molar-refractivity contribution in [3.63, 3.8) is 0 Å². The van der Waals surface area contributed by atoms with Gasteiger partial charge >= 0.3 is 0 Å². The number of anilines is 2. The largest absolute Gasteiger partial charge is 0.370 e. The van der Waals surface area contributed by atoms with Gasteiger partial charge in [0.2, 0.25) is 0 Å². The van der Waals surface area contributed by atoms with Crippen LogP contribution in [0.5, 0.6) is 0 Å². The molecule has 1 N–H and O–H groups in total. The van der Waals surface area contributed by atoms with Crippen molar-refractivity contribution in [2.75, 3.05) is 23.8 Å². The van der Waals surface area contributed by atoms with E-state index in [9.17, 15) is 0 Å². The molecule has 0 amide bonds. The molecule has 0 spiro atoms. The van der Waals surface area contributed by atoms with Gasteiger partial charge < -0.3 is 10.2 Å². The van der Waals surface area contributed by atoms with Crippen LogP contribution >= 0.6 is 0 Å². The molecule has 2 rings (SSSR count). The third-order valence-electron chi connectivity index (χ3n) is 4.59. The summed E-state index contributed by atoms with van der Waals surface area (Å²) in [6, 6.07) is 6.95. The van der Waals surface area contributed by atoms with Gasteiger partial charge in [0, 0.05) is 19.6 Å². The molecule has 0 atom stereocenters. The van der Waals surface area contributed by atoms with E-state index in [4.69, 9.17) is 4.98 Å². The summed E-state index contributed by atoms with van der Waals surface area (Å²) in [6.45, 7) is 5.48. The number of nitrogens with one attached hydrogen (secondary N) is 1. The van der Waals surface area contributed by atoms with Gasteiger partial charge in [-0.1, -0.05) is 26.3 Å². The second-order valence-corrected chi connectivity index (χ2v) is 6.00. The summed E-state index contributed by atoms with van der Waals surface area (Å²) in [5, 5.41) is 3.37. The van der Waals surface area contributed by atoms with Crippen LogP contribution in [-0.2, 0) is 0 Å². The standard InChI is InChI=1S/C17H29N3/c1-4-13-18-16-7-6-8-17(19-16)20(3)15-11-9-14(5-2)10-12-15/h6-8,14-15H,4-5,9-13H2,1-3H3,(H,18,19). The lowest BCUT2D eigenvalue weighted by atomic mass is 9.84. The lowest BCUT2D eigenvalue weighted by Crippen LogP contribution is -2.35. The topological polar surface area (TPSA) is 28.2 Å². The highest BCUT2D eigenvalue weighted by Crippen LogP contribution is 2.30. The number of hydrogen-bond donors (Lipinski definition) is 1.